The van der Waals surface area contributed by atoms with Gasteiger partial charge in [-0.05, 0) is 42.3 Å². The van der Waals surface area contributed by atoms with Crippen LogP contribution in [-0.2, 0) is 30.7 Å². The van der Waals surface area contributed by atoms with Crippen molar-refractivity contribution in [2.45, 2.75) is 11.3 Å². The van der Waals surface area contributed by atoms with Gasteiger partial charge in [-0.1, -0.05) is 12.1 Å². The van der Waals surface area contributed by atoms with Crippen LogP contribution in [-0.4, -0.2) is 71.2 Å². The van der Waals surface area contributed by atoms with Gasteiger partial charge in [-0.25, -0.2) is 17.6 Å². The van der Waals surface area contributed by atoms with Crippen molar-refractivity contribution in [3.05, 3.63) is 59.4 Å². The third-order valence-electron chi connectivity index (χ3n) is 4.99. The Labute approximate surface area is 191 Å². The number of ether oxygens (including phenoxy) is 3. The number of morpholine rings is 1. The topological polar surface area (TPSA) is 111 Å². The predicted molar refractivity (Wildman–Crippen MR) is 116 cm³/mol. The van der Waals surface area contributed by atoms with Crippen molar-refractivity contribution in [2.75, 3.05) is 46.6 Å². The highest BCUT2D eigenvalue weighted by Gasteiger charge is 2.28. The van der Waals surface area contributed by atoms with Crippen LogP contribution >= 0.6 is 0 Å². The normalized spacial score (nSPS) is 14.5. The smallest absolute Gasteiger partial charge is 0.341 e. The first-order valence-electron chi connectivity index (χ1n) is 10.3. The summed E-state index contributed by atoms with van der Waals surface area (Å²) < 4.78 is 56.0. The first-order valence-corrected chi connectivity index (χ1v) is 11.7. The zero-order chi connectivity index (χ0) is 23.8. The van der Waals surface area contributed by atoms with Gasteiger partial charge >= 0.3 is 5.97 Å². The number of nitrogens with zero attached hydrogens (tertiary/aromatic N) is 1. The Hall–Kier alpha value is -3.02. The van der Waals surface area contributed by atoms with Crippen LogP contribution < -0.4 is 10.1 Å². The molecule has 0 radical (unpaired) electrons. The van der Waals surface area contributed by atoms with Crippen LogP contribution in [0.4, 0.5) is 4.39 Å². The maximum Gasteiger partial charge on any atom is 0.341 e. The number of sulfonamides is 1. The molecule has 0 unspecified atom stereocenters. The van der Waals surface area contributed by atoms with E-state index in [1.165, 1.54) is 4.31 Å². The van der Waals surface area contributed by atoms with E-state index >= 15 is 0 Å². The van der Waals surface area contributed by atoms with Gasteiger partial charge in [0.1, 0.15) is 11.6 Å². The van der Waals surface area contributed by atoms with Crippen molar-refractivity contribution in [1.29, 1.82) is 0 Å². The monoisotopic (exact) mass is 480 g/mol. The Bertz CT molecular complexity index is 1080. The third-order valence-corrected chi connectivity index (χ3v) is 6.89. The van der Waals surface area contributed by atoms with E-state index in [0.717, 1.165) is 29.5 Å². The molecule has 0 spiro atoms. The number of carbonyl (C=O) groups excluding carboxylic acids is 2. The summed E-state index contributed by atoms with van der Waals surface area (Å²) in [5, 5.41) is 2.60. The summed E-state index contributed by atoms with van der Waals surface area (Å²) in [6, 6.07) is 10.2. The summed E-state index contributed by atoms with van der Waals surface area (Å²) in [5.41, 5.74) is 0.420. The Morgan fingerprint density at radius 3 is 2.48 bits per heavy atom. The maximum absolute atomic E-state index is 14.2. The molecule has 0 aromatic heterocycles. The molecule has 0 atom stereocenters. The molecule has 1 saturated heterocycles. The molecule has 1 N–H and O–H groups in total. The Morgan fingerprint density at radius 2 is 1.82 bits per heavy atom. The number of esters is 1. The average molecular weight is 481 g/mol. The molecule has 1 aliphatic rings. The van der Waals surface area contributed by atoms with Crippen molar-refractivity contribution in [1.82, 2.24) is 9.62 Å². The standard InChI is InChI=1S/C22H25FN2O7S/c1-30-17-4-2-16(3-5-17)8-9-24-21(26)15-32-22(27)19-14-18(6-7-20(19)23)33(28,29)25-10-12-31-13-11-25/h2-7,14H,8-13,15H2,1H3,(H,24,26). The lowest BCUT2D eigenvalue weighted by molar-refractivity contribution is -0.124. The summed E-state index contributed by atoms with van der Waals surface area (Å²) in [5.74, 6) is -1.91. The summed E-state index contributed by atoms with van der Waals surface area (Å²) in [7, 11) is -2.35. The minimum absolute atomic E-state index is 0.163. The van der Waals surface area contributed by atoms with Crippen molar-refractivity contribution >= 4 is 21.9 Å². The van der Waals surface area contributed by atoms with Crippen molar-refractivity contribution < 1.29 is 36.6 Å². The molecule has 2 aromatic carbocycles. The van der Waals surface area contributed by atoms with Crippen molar-refractivity contribution in [2.24, 2.45) is 0 Å². The minimum Gasteiger partial charge on any atom is -0.497 e. The molecular weight excluding hydrogens is 455 g/mol. The summed E-state index contributed by atoms with van der Waals surface area (Å²) in [6.07, 6.45) is 0.555. The zero-order valence-corrected chi connectivity index (χ0v) is 18.9. The second-order valence-corrected chi connectivity index (χ2v) is 9.12. The fourth-order valence-electron chi connectivity index (χ4n) is 3.16. The predicted octanol–water partition coefficient (Wildman–Crippen LogP) is 1.37. The fourth-order valence-corrected chi connectivity index (χ4v) is 4.59. The van der Waals surface area contributed by atoms with E-state index in [1.54, 1.807) is 19.2 Å². The highest BCUT2D eigenvalue weighted by atomic mass is 32.2. The number of rotatable bonds is 9. The first kappa shape index (κ1) is 24.6. The quantitative estimate of drug-likeness (QED) is 0.540. The summed E-state index contributed by atoms with van der Waals surface area (Å²) in [6.45, 7) is 0.518. The van der Waals surface area contributed by atoms with Gasteiger partial charge in [-0.2, -0.15) is 4.31 Å². The van der Waals surface area contributed by atoms with E-state index in [2.05, 4.69) is 5.32 Å². The van der Waals surface area contributed by atoms with E-state index < -0.39 is 39.9 Å². The number of nitrogens with one attached hydrogen (secondary N) is 1. The lowest BCUT2D eigenvalue weighted by Crippen LogP contribution is -2.40. The molecule has 1 fully saturated rings. The Morgan fingerprint density at radius 1 is 1.12 bits per heavy atom. The number of hydrogen-bond acceptors (Lipinski definition) is 7. The van der Waals surface area contributed by atoms with E-state index in [9.17, 15) is 22.4 Å². The molecule has 0 bridgehead atoms. The molecule has 11 heteroatoms. The molecule has 178 valence electrons. The second-order valence-electron chi connectivity index (χ2n) is 7.18. The molecule has 1 heterocycles. The van der Waals surface area contributed by atoms with Crippen LogP contribution in [0.2, 0.25) is 0 Å². The third kappa shape index (κ3) is 6.50. The second kappa shape index (κ2) is 11.2. The van der Waals surface area contributed by atoms with E-state index in [-0.39, 0.29) is 31.2 Å². The molecule has 3 rings (SSSR count). The van der Waals surface area contributed by atoms with Crippen molar-refractivity contribution in [3.63, 3.8) is 0 Å². The first-order chi connectivity index (χ1) is 15.8. The summed E-state index contributed by atoms with van der Waals surface area (Å²) in [4.78, 5) is 24.0. The van der Waals surface area contributed by atoms with Gasteiger partial charge in [0, 0.05) is 19.6 Å². The molecule has 33 heavy (non-hydrogen) atoms. The number of benzene rings is 2. The molecule has 0 aliphatic carbocycles. The number of carbonyl (C=O) groups is 2. The largest absolute Gasteiger partial charge is 0.497 e. The number of hydrogen-bond donors (Lipinski definition) is 1. The van der Waals surface area contributed by atoms with Crippen LogP contribution in [0.25, 0.3) is 0 Å². The highest BCUT2D eigenvalue weighted by Crippen LogP contribution is 2.21. The highest BCUT2D eigenvalue weighted by molar-refractivity contribution is 7.89. The van der Waals surface area contributed by atoms with E-state index in [4.69, 9.17) is 14.2 Å². The summed E-state index contributed by atoms with van der Waals surface area (Å²) >= 11 is 0. The van der Waals surface area contributed by atoms with Crippen LogP contribution in [0.5, 0.6) is 5.75 Å². The lowest BCUT2D eigenvalue weighted by Gasteiger charge is -2.26. The van der Waals surface area contributed by atoms with Crippen molar-refractivity contribution in [3.8, 4) is 5.75 Å². The van der Waals surface area contributed by atoms with Gasteiger partial charge in [-0.15, -0.1) is 0 Å². The molecule has 2 aromatic rings. The van der Waals surface area contributed by atoms with Gasteiger partial charge < -0.3 is 19.5 Å². The molecule has 1 amide bonds. The maximum atomic E-state index is 14.2. The average Bonchev–Trinajstić information content (AvgIpc) is 2.83. The SMILES string of the molecule is COc1ccc(CCNC(=O)COC(=O)c2cc(S(=O)(=O)N3CCOCC3)ccc2F)cc1. The van der Waals surface area contributed by atoms with Gasteiger partial charge in [0.05, 0.1) is 30.8 Å². The molecule has 9 nitrogen and oxygen atoms in total. The number of halogens is 1. The Kier molecular flexibility index (Phi) is 8.37. The lowest BCUT2D eigenvalue weighted by atomic mass is 10.1. The molecule has 0 saturated carbocycles. The van der Waals surface area contributed by atoms with Crippen LogP contribution in [0, 0.1) is 5.82 Å². The van der Waals surface area contributed by atoms with Gasteiger partial charge in [0.25, 0.3) is 5.91 Å². The van der Waals surface area contributed by atoms with Gasteiger partial charge in [0.2, 0.25) is 10.0 Å². The Balaban J connectivity index is 1.53. The molecular formula is C22H25FN2O7S. The van der Waals surface area contributed by atoms with E-state index in [0.29, 0.717) is 13.0 Å². The van der Waals surface area contributed by atoms with Crippen LogP contribution in [0.3, 0.4) is 0 Å². The van der Waals surface area contributed by atoms with Gasteiger partial charge in [-0.3, -0.25) is 4.79 Å². The van der Waals surface area contributed by atoms with Gasteiger partial charge in [0.15, 0.2) is 6.61 Å². The minimum atomic E-state index is -3.92. The zero-order valence-electron chi connectivity index (χ0n) is 18.1. The number of amides is 1. The molecule has 1 aliphatic heterocycles. The van der Waals surface area contributed by atoms with Crippen LogP contribution in [0.1, 0.15) is 15.9 Å². The van der Waals surface area contributed by atoms with E-state index in [1.807, 2.05) is 12.1 Å². The fraction of sp³-hybridized carbons (Fsp3) is 0.364. The van der Waals surface area contributed by atoms with Crippen LogP contribution in [0.15, 0.2) is 47.4 Å². The number of methoxy groups -OCH3 is 1.